The minimum absolute atomic E-state index is 0.306. The van der Waals surface area contributed by atoms with Crippen molar-refractivity contribution in [2.45, 2.75) is 116 Å². The van der Waals surface area contributed by atoms with Crippen molar-refractivity contribution in [2.75, 3.05) is 0 Å². The molecule has 3 nitrogen and oxygen atoms in total. The predicted molar refractivity (Wildman–Crippen MR) is 93.1 cm³/mol. The van der Waals surface area contributed by atoms with Crippen LogP contribution in [0.3, 0.4) is 0 Å². The Morgan fingerprint density at radius 1 is 0.682 bits per heavy atom. The number of amides is 2. The summed E-state index contributed by atoms with van der Waals surface area (Å²) in [7, 11) is 0. The van der Waals surface area contributed by atoms with E-state index in [0.717, 1.165) is 0 Å². The zero-order chi connectivity index (χ0) is 16.1. The molecule has 0 heterocycles. The van der Waals surface area contributed by atoms with Crippen LogP contribution in [0.15, 0.2) is 0 Å². The molecule has 2 fully saturated rings. The number of hydrogen-bond acceptors (Lipinski definition) is 1. The van der Waals surface area contributed by atoms with Gasteiger partial charge in [0.05, 0.1) is 0 Å². The molecule has 0 aliphatic heterocycles. The highest BCUT2D eigenvalue weighted by Gasteiger charge is 2.35. The summed E-state index contributed by atoms with van der Waals surface area (Å²) in [5.74, 6) is 0. The minimum Gasteiger partial charge on any atom is -0.319 e. The van der Waals surface area contributed by atoms with Crippen LogP contribution in [0.4, 0.5) is 4.79 Å². The third kappa shape index (κ3) is 4.17. The van der Waals surface area contributed by atoms with Gasteiger partial charge in [-0.1, -0.05) is 38.5 Å². The van der Waals surface area contributed by atoms with Crippen molar-refractivity contribution >= 4 is 6.03 Å². The fourth-order valence-corrected chi connectivity index (χ4v) is 4.45. The number of carbonyl (C=O) groups excluding carboxylic acids is 1. The Bertz CT molecular complexity index is 309. The summed E-state index contributed by atoms with van der Waals surface area (Å²) in [6, 6.07) is 1.85. The van der Waals surface area contributed by atoms with E-state index in [0.29, 0.717) is 30.2 Å². The third-order valence-electron chi connectivity index (χ3n) is 5.49. The normalized spacial score (nSPS) is 21.4. The Hall–Kier alpha value is -0.730. The summed E-state index contributed by atoms with van der Waals surface area (Å²) in [6.07, 6.45) is 12.6. The van der Waals surface area contributed by atoms with E-state index in [-0.39, 0.29) is 0 Å². The van der Waals surface area contributed by atoms with E-state index in [1.54, 1.807) is 0 Å². The van der Waals surface area contributed by atoms with Gasteiger partial charge in [0.2, 0.25) is 0 Å². The lowest BCUT2D eigenvalue weighted by Gasteiger charge is -2.45. The zero-order valence-corrected chi connectivity index (χ0v) is 15.2. The molecule has 2 saturated carbocycles. The maximum Gasteiger partial charge on any atom is 0.320 e. The molecule has 0 aromatic rings. The van der Waals surface area contributed by atoms with E-state index < -0.39 is 0 Å². The van der Waals surface area contributed by atoms with Gasteiger partial charge < -0.3 is 9.80 Å². The zero-order valence-electron chi connectivity index (χ0n) is 15.2. The van der Waals surface area contributed by atoms with Gasteiger partial charge in [-0.3, -0.25) is 0 Å². The molecule has 2 aliphatic carbocycles. The Balaban J connectivity index is 2.14. The lowest BCUT2D eigenvalue weighted by molar-refractivity contribution is 0.0684. The maximum atomic E-state index is 13.4. The van der Waals surface area contributed by atoms with Crippen LogP contribution < -0.4 is 0 Å². The molecule has 2 aliphatic rings. The fourth-order valence-electron chi connectivity index (χ4n) is 4.45. The Morgan fingerprint density at radius 2 is 1.00 bits per heavy atom. The summed E-state index contributed by atoms with van der Waals surface area (Å²) in [5.41, 5.74) is 0. The molecule has 3 heteroatoms. The van der Waals surface area contributed by atoms with Gasteiger partial charge in [0.15, 0.2) is 0 Å². The molecule has 2 amide bonds. The Morgan fingerprint density at radius 3 is 1.27 bits per heavy atom. The summed E-state index contributed by atoms with van der Waals surface area (Å²) < 4.78 is 0. The van der Waals surface area contributed by atoms with Gasteiger partial charge in [-0.25, -0.2) is 4.79 Å². The van der Waals surface area contributed by atoms with Gasteiger partial charge in [0.25, 0.3) is 0 Å². The van der Waals surface area contributed by atoms with Gasteiger partial charge in [0.1, 0.15) is 0 Å². The quantitative estimate of drug-likeness (QED) is 0.701. The molecule has 0 unspecified atom stereocenters. The molecule has 0 atom stereocenters. The van der Waals surface area contributed by atoms with Crippen LogP contribution in [0.5, 0.6) is 0 Å². The first kappa shape index (κ1) is 17.6. The number of hydrogen-bond donors (Lipinski definition) is 0. The molecular formula is C19H36N2O. The standard InChI is InChI=1S/C19H36N2O/c1-15(2)20(17-11-7-5-8-12-17)19(22)21(16(3)4)18-13-9-6-10-14-18/h15-18H,5-14H2,1-4H3. The lowest BCUT2D eigenvalue weighted by atomic mass is 9.92. The highest BCUT2D eigenvalue weighted by Crippen LogP contribution is 2.29. The van der Waals surface area contributed by atoms with E-state index in [9.17, 15) is 4.79 Å². The average molecular weight is 309 g/mol. The number of rotatable bonds is 4. The van der Waals surface area contributed by atoms with Gasteiger partial charge in [0, 0.05) is 24.2 Å². The van der Waals surface area contributed by atoms with Crippen molar-refractivity contribution in [1.29, 1.82) is 0 Å². The smallest absolute Gasteiger partial charge is 0.319 e. The van der Waals surface area contributed by atoms with Crippen molar-refractivity contribution in [2.24, 2.45) is 0 Å². The van der Waals surface area contributed by atoms with Crippen LogP contribution in [0, 0.1) is 0 Å². The van der Waals surface area contributed by atoms with Gasteiger partial charge >= 0.3 is 6.03 Å². The van der Waals surface area contributed by atoms with Crippen LogP contribution in [-0.2, 0) is 0 Å². The molecular weight excluding hydrogens is 272 g/mol. The monoisotopic (exact) mass is 308 g/mol. The summed E-state index contributed by atoms with van der Waals surface area (Å²) >= 11 is 0. The maximum absolute atomic E-state index is 13.4. The third-order valence-corrected chi connectivity index (χ3v) is 5.49. The molecule has 0 aromatic heterocycles. The summed E-state index contributed by atoms with van der Waals surface area (Å²) in [5, 5.41) is 0. The van der Waals surface area contributed by atoms with Gasteiger partial charge in [-0.15, -0.1) is 0 Å². The van der Waals surface area contributed by atoms with Crippen LogP contribution in [-0.4, -0.2) is 40.0 Å². The summed E-state index contributed by atoms with van der Waals surface area (Å²) in [6.45, 7) is 8.75. The number of carbonyl (C=O) groups is 1. The van der Waals surface area contributed by atoms with E-state index in [4.69, 9.17) is 0 Å². The largest absolute Gasteiger partial charge is 0.320 e. The predicted octanol–water partition coefficient (Wildman–Crippen LogP) is 5.19. The lowest BCUT2D eigenvalue weighted by Crippen LogP contribution is -2.56. The highest BCUT2D eigenvalue weighted by atomic mass is 16.2. The van der Waals surface area contributed by atoms with Crippen molar-refractivity contribution < 1.29 is 4.79 Å². The fraction of sp³-hybridized carbons (Fsp3) is 0.947. The molecule has 128 valence electrons. The molecule has 0 bridgehead atoms. The SMILES string of the molecule is CC(C)N(C(=O)N(C(C)C)C1CCCCC1)C1CCCCC1. The minimum atomic E-state index is 0.306. The number of urea groups is 1. The second kappa shape index (κ2) is 8.21. The number of nitrogens with zero attached hydrogens (tertiary/aromatic N) is 2. The molecule has 0 aromatic carbocycles. The van der Waals surface area contributed by atoms with Crippen molar-refractivity contribution in [3.8, 4) is 0 Å². The second-order valence-corrected chi connectivity index (χ2v) is 7.87. The highest BCUT2D eigenvalue weighted by molar-refractivity contribution is 5.76. The topological polar surface area (TPSA) is 23.6 Å². The van der Waals surface area contributed by atoms with Gasteiger partial charge in [-0.05, 0) is 53.4 Å². The van der Waals surface area contributed by atoms with Crippen LogP contribution in [0.2, 0.25) is 0 Å². The average Bonchev–Trinajstić information content (AvgIpc) is 2.49. The van der Waals surface area contributed by atoms with E-state index in [1.165, 1.54) is 64.2 Å². The van der Waals surface area contributed by atoms with Crippen LogP contribution in [0.25, 0.3) is 0 Å². The van der Waals surface area contributed by atoms with Crippen LogP contribution >= 0.6 is 0 Å². The van der Waals surface area contributed by atoms with E-state index in [1.807, 2.05) is 0 Å². The molecule has 2 rings (SSSR count). The molecule has 0 N–H and O–H groups in total. The second-order valence-electron chi connectivity index (χ2n) is 7.87. The van der Waals surface area contributed by atoms with Crippen LogP contribution in [0.1, 0.15) is 91.9 Å². The first-order chi connectivity index (χ1) is 10.5. The van der Waals surface area contributed by atoms with Crippen molar-refractivity contribution in [1.82, 2.24) is 9.80 Å². The van der Waals surface area contributed by atoms with E-state index in [2.05, 4.69) is 37.5 Å². The summed E-state index contributed by atoms with van der Waals surface area (Å²) in [4.78, 5) is 17.8. The molecule has 22 heavy (non-hydrogen) atoms. The van der Waals surface area contributed by atoms with Crippen molar-refractivity contribution in [3.05, 3.63) is 0 Å². The molecule has 0 radical (unpaired) electrons. The molecule has 0 spiro atoms. The first-order valence-corrected chi connectivity index (χ1v) is 9.63. The first-order valence-electron chi connectivity index (χ1n) is 9.63. The Kier molecular flexibility index (Phi) is 6.58. The Labute approximate surface area is 137 Å². The molecule has 0 saturated heterocycles. The van der Waals surface area contributed by atoms with Gasteiger partial charge in [-0.2, -0.15) is 0 Å². The van der Waals surface area contributed by atoms with Crippen molar-refractivity contribution in [3.63, 3.8) is 0 Å². The van der Waals surface area contributed by atoms with E-state index >= 15 is 0 Å².